The van der Waals surface area contributed by atoms with Gasteiger partial charge in [0.15, 0.2) is 23.2 Å². The van der Waals surface area contributed by atoms with Crippen LogP contribution in [0.5, 0.6) is 17.2 Å². The lowest BCUT2D eigenvalue weighted by atomic mass is 10.1. The number of nitrogens with one attached hydrogen (secondary N) is 2. The van der Waals surface area contributed by atoms with E-state index in [1.54, 1.807) is 28.4 Å². The van der Waals surface area contributed by atoms with Gasteiger partial charge in [-0.2, -0.15) is 13.2 Å². The van der Waals surface area contributed by atoms with E-state index in [2.05, 4.69) is 20.6 Å². The molecule has 0 amide bonds. The highest BCUT2D eigenvalue weighted by atomic mass is 32.1. The molecule has 0 radical (unpaired) electrons. The molecule has 1 aromatic heterocycles. The van der Waals surface area contributed by atoms with Crippen molar-refractivity contribution in [1.82, 2.24) is 15.6 Å². The summed E-state index contributed by atoms with van der Waals surface area (Å²) in [4.78, 5) is 7.73. The molecule has 2 N–H and O–H groups in total. The highest BCUT2D eigenvalue weighted by Gasteiger charge is 2.33. The van der Waals surface area contributed by atoms with Crippen LogP contribution in [0.1, 0.15) is 16.3 Å². The Hall–Kier alpha value is -2.69. The summed E-state index contributed by atoms with van der Waals surface area (Å²) in [6, 6.07) is 3.71. The van der Waals surface area contributed by atoms with Crippen LogP contribution in [0.25, 0.3) is 0 Å². The second kappa shape index (κ2) is 10.9. The lowest BCUT2D eigenvalue weighted by Gasteiger charge is -2.16. The lowest BCUT2D eigenvalue weighted by Crippen LogP contribution is -2.39. The molecule has 0 aliphatic rings. The van der Waals surface area contributed by atoms with Crippen molar-refractivity contribution in [3.05, 3.63) is 33.8 Å². The SMILES string of the molecule is CN=C(NCCc1nc(C(F)(F)F)cs1)NCCc1ccc(OC)c(OC)c1OC. The zero-order chi connectivity index (χ0) is 22.1. The van der Waals surface area contributed by atoms with Gasteiger partial charge in [0.1, 0.15) is 0 Å². The third kappa shape index (κ3) is 6.15. The number of alkyl halides is 3. The third-order valence-corrected chi connectivity index (χ3v) is 5.08. The average Bonchev–Trinajstić information content (AvgIpc) is 3.21. The van der Waals surface area contributed by atoms with Gasteiger partial charge >= 0.3 is 6.18 Å². The Morgan fingerprint density at radius 2 is 1.70 bits per heavy atom. The Morgan fingerprint density at radius 3 is 2.23 bits per heavy atom. The molecular weight excluding hydrogens is 421 g/mol. The number of hydrogen-bond donors (Lipinski definition) is 2. The molecule has 166 valence electrons. The van der Waals surface area contributed by atoms with Crippen molar-refractivity contribution in [2.24, 2.45) is 4.99 Å². The molecule has 0 aliphatic heterocycles. The number of benzene rings is 1. The van der Waals surface area contributed by atoms with Gasteiger partial charge in [-0.3, -0.25) is 4.99 Å². The van der Waals surface area contributed by atoms with E-state index in [0.717, 1.165) is 22.3 Å². The van der Waals surface area contributed by atoms with Gasteiger partial charge in [0, 0.05) is 37.5 Å². The van der Waals surface area contributed by atoms with Gasteiger partial charge in [-0.1, -0.05) is 6.07 Å². The molecule has 1 heterocycles. The highest BCUT2D eigenvalue weighted by Crippen LogP contribution is 2.39. The van der Waals surface area contributed by atoms with Crippen LogP contribution in [-0.2, 0) is 19.0 Å². The van der Waals surface area contributed by atoms with Crippen LogP contribution in [0.15, 0.2) is 22.5 Å². The van der Waals surface area contributed by atoms with Crippen LogP contribution in [0.3, 0.4) is 0 Å². The van der Waals surface area contributed by atoms with Gasteiger partial charge in [0.05, 0.1) is 26.3 Å². The van der Waals surface area contributed by atoms with Crippen LogP contribution in [-0.4, -0.2) is 52.4 Å². The van der Waals surface area contributed by atoms with Gasteiger partial charge in [-0.15, -0.1) is 11.3 Å². The summed E-state index contributed by atoms with van der Waals surface area (Å²) in [5, 5.41) is 7.68. The Bertz CT molecular complexity index is 856. The molecule has 7 nitrogen and oxygen atoms in total. The summed E-state index contributed by atoms with van der Waals surface area (Å²) < 4.78 is 53.9. The first-order chi connectivity index (χ1) is 14.3. The molecule has 0 spiro atoms. The van der Waals surface area contributed by atoms with E-state index < -0.39 is 11.9 Å². The quantitative estimate of drug-likeness (QED) is 0.455. The van der Waals surface area contributed by atoms with Crippen LogP contribution in [0, 0.1) is 0 Å². The van der Waals surface area contributed by atoms with E-state index in [4.69, 9.17) is 14.2 Å². The minimum atomic E-state index is -4.41. The fourth-order valence-electron chi connectivity index (χ4n) is 2.74. The maximum Gasteiger partial charge on any atom is 0.434 e. The molecule has 0 atom stereocenters. The van der Waals surface area contributed by atoms with Crippen LogP contribution < -0.4 is 24.8 Å². The van der Waals surface area contributed by atoms with Crippen molar-refractivity contribution in [3.8, 4) is 17.2 Å². The Morgan fingerprint density at radius 1 is 1.03 bits per heavy atom. The van der Waals surface area contributed by atoms with E-state index in [9.17, 15) is 13.2 Å². The zero-order valence-electron chi connectivity index (χ0n) is 17.2. The summed E-state index contributed by atoms with van der Waals surface area (Å²) >= 11 is 0.994. The van der Waals surface area contributed by atoms with E-state index in [1.165, 1.54) is 0 Å². The smallest absolute Gasteiger partial charge is 0.434 e. The highest BCUT2D eigenvalue weighted by molar-refractivity contribution is 7.09. The first kappa shape index (κ1) is 23.6. The minimum Gasteiger partial charge on any atom is -0.493 e. The molecule has 2 aromatic rings. The van der Waals surface area contributed by atoms with Gasteiger partial charge in [0.2, 0.25) is 5.75 Å². The predicted octanol–water partition coefficient (Wildman–Crippen LogP) is 3.14. The van der Waals surface area contributed by atoms with E-state index in [0.29, 0.717) is 54.1 Å². The number of thiazole rings is 1. The van der Waals surface area contributed by atoms with Crippen molar-refractivity contribution in [3.63, 3.8) is 0 Å². The largest absolute Gasteiger partial charge is 0.493 e. The number of methoxy groups -OCH3 is 3. The standard InChI is InChI=1S/C19H25F3N4O3S/c1-23-18(25-10-8-15-26-14(11-30-15)19(20,21)22)24-9-7-12-5-6-13(27-2)17(29-4)16(12)28-3/h5-6,11H,7-10H2,1-4H3,(H2,23,24,25). The Labute approximate surface area is 177 Å². The summed E-state index contributed by atoms with van der Waals surface area (Å²) in [7, 11) is 6.30. The van der Waals surface area contributed by atoms with Crippen molar-refractivity contribution in [1.29, 1.82) is 0 Å². The first-order valence-corrected chi connectivity index (χ1v) is 9.96. The molecule has 2 rings (SSSR count). The Kier molecular flexibility index (Phi) is 8.58. The molecular formula is C19H25F3N4O3S. The van der Waals surface area contributed by atoms with Crippen LogP contribution in [0.4, 0.5) is 13.2 Å². The number of ether oxygens (including phenoxy) is 3. The molecule has 1 aromatic carbocycles. The number of nitrogens with zero attached hydrogens (tertiary/aromatic N) is 2. The summed E-state index contributed by atoms with van der Waals surface area (Å²) in [6.07, 6.45) is -3.42. The summed E-state index contributed by atoms with van der Waals surface area (Å²) in [6.45, 7) is 0.963. The number of aromatic nitrogens is 1. The molecule has 0 unspecified atom stereocenters. The predicted molar refractivity (Wildman–Crippen MR) is 110 cm³/mol. The molecule has 0 fully saturated rings. The maximum absolute atomic E-state index is 12.6. The average molecular weight is 446 g/mol. The van der Waals surface area contributed by atoms with Gasteiger partial charge in [-0.25, -0.2) is 4.98 Å². The van der Waals surface area contributed by atoms with Crippen molar-refractivity contribution >= 4 is 17.3 Å². The topological polar surface area (TPSA) is 77.0 Å². The fourth-order valence-corrected chi connectivity index (χ4v) is 3.54. The monoisotopic (exact) mass is 446 g/mol. The molecule has 0 saturated heterocycles. The first-order valence-electron chi connectivity index (χ1n) is 9.08. The third-order valence-electron chi connectivity index (χ3n) is 4.17. The second-order valence-electron chi connectivity index (χ2n) is 6.04. The molecule has 30 heavy (non-hydrogen) atoms. The molecule has 0 saturated carbocycles. The van der Waals surface area contributed by atoms with Gasteiger partial charge < -0.3 is 24.8 Å². The summed E-state index contributed by atoms with van der Waals surface area (Å²) in [5.74, 6) is 2.26. The van der Waals surface area contributed by atoms with E-state index in [1.807, 2.05) is 12.1 Å². The van der Waals surface area contributed by atoms with Crippen molar-refractivity contribution < 1.29 is 27.4 Å². The van der Waals surface area contributed by atoms with Gasteiger partial charge in [-0.05, 0) is 12.5 Å². The molecule has 0 bridgehead atoms. The number of aliphatic imine (C=N–C) groups is 1. The van der Waals surface area contributed by atoms with Crippen molar-refractivity contribution in [2.45, 2.75) is 19.0 Å². The number of guanidine groups is 1. The number of rotatable bonds is 9. The normalized spacial score (nSPS) is 11.9. The van der Waals surface area contributed by atoms with Crippen molar-refractivity contribution in [2.75, 3.05) is 41.5 Å². The van der Waals surface area contributed by atoms with E-state index >= 15 is 0 Å². The molecule has 11 heteroatoms. The minimum absolute atomic E-state index is 0.366. The second-order valence-corrected chi connectivity index (χ2v) is 6.99. The Balaban J connectivity index is 1.86. The van der Waals surface area contributed by atoms with Crippen LogP contribution >= 0.6 is 11.3 Å². The number of halogens is 3. The van der Waals surface area contributed by atoms with Gasteiger partial charge in [0.25, 0.3) is 0 Å². The molecule has 0 aliphatic carbocycles. The fraction of sp³-hybridized carbons (Fsp3) is 0.474. The number of hydrogen-bond acceptors (Lipinski definition) is 6. The van der Waals surface area contributed by atoms with E-state index in [-0.39, 0.29) is 0 Å². The lowest BCUT2D eigenvalue weighted by molar-refractivity contribution is -0.140. The maximum atomic E-state index is 12.6. The zero-order valence-corrected chi connectivity index (χ0v) is 18.0. The van der Waals surface area contributed by atoms with Crippen LogP contribution in [0.2, 0.25) is 0 Å². The summed E-state index contributed by atoms with van der Waals surface area (Å²) in [5.41, 5.74) is 0.0782.